The first-order chi connectivity index (χ1) is 8.33. The lowest BCUT2D eigenvalue weighted by Crippen LogP contribution is -2.37. The second-order valence-electron chi connectivity index (χ2n) is 6.59. The van der Waals surface area contributed by atoms with Crippen LogP contribution in [-0.4, -0.2) is 35.2 Å². The van der Waals surface area contributed by atoms with Gasteiger partial charge in [0.25, 0.3) is 0 Å². The highest BCUT2D eigenvalue weighted by Gasteiger charge is 2.35. The van der Waals surface area contributed by atoms with Crippen LogP contribution < -0.4 is 0 Å². The van der Waals surface area contributed by atoms with E-state index >= 15 is 0 Å². The molecule has 1 N–H and O–H groups in total. The van der Waals surface area contributed by atoms with Crippen LogP contribution in [0.5, 0.6) is 0 Å². The summed E-state index contributed by atoms with van der Waals surface area (Å²) in [5, 5.41) is 10.2. The zero-order chi connectivity index (χ0) is 11.7. The number of nitrogens with zero attached hydrogens (tertiary/aromatic N) is 1. The first-order valence-electron chi connectivity index (χ1n) is 7.75. The van der Waals surface area contributed by atoms with E-state index in [1.165, 1.54) is 64.5 Å². The minimum absolute atomic E-state index is 0.0158. The first kappa shape index (κ1) is 12.0. The molecule has 0 aliphatic heterocycles. The van der Waals surface area contributed by atoms with Gasteiger partial charge in [-0.25, -0.2) is 0 Å². The van der Waals surface area contributed by atoms with Crippen molar-refractivity contribution in [2.75, 3.05) is 13.1 Å². The van der Waals surface area contributed by atoms with E-state index in [-0.39, 0.29) is 6.10 Å². The molecule has 3 saturated carbocycles. The van der Waals surface area contributed by atoms with Gasteiger partial charge in [-0.1, -0.05) is 19.3 Å². The van der Waals surface area contributed by atoms with Gasteiger partial charge in [0, 0.05) is 19.1 Å². The predicted molar refractivity (Wildman–Crippen MR) is 69.9 cm³/mol. The zero-order valence-corrected chi connectivity index (χ0v) is 11.0. The van der Waals surface area contributed by atoms with Crippen LogP contribution in [-0.2, 0) is 0 Å². The molecule has 0 aromatic rings. The van der Waals surface area contributed by atoms with E-state index in [0.717, 1.165) is 18.4 Å². The Balaban J connectivity index is 1.53. The van der Waals surface area contributed by atoms with Crippen LogP contribution >= 0.6 is 0 Å². The number of hydrogen-bond acceptors (Lipinski definition) is 2. The van der Waals surface area contributed by atoms with Crippen molar-refractivity contribution in [3.63, 3.8) is 0 Å². The maximum Gasteiger partial charge on any atom is 0.0580 e. The average molecular weight is 237 g/mol. The van der Waals surface area contributed by atoms with Crippen LogP contribution in [0.3, 0.4) is 0 Å². The largest absolute Gasteiger partial charge is 0.393 e. The van der Waals surface area contributed by atoms with Gasteiger partial charge in [0.15, 0.2) is 0 Å². The van der Waals surface area contributed by atoms with Gasteiger partial charge in [-0.2, -0.15) is 0 Å². The fourth-order valence-electron chi connectivity index (χ4n) is 3.32. The standard InChI is InChI=1S/C15H27NO/c17-15-5-3-1-2-4-13(15)11-16(14-8-9-14)10-12-6-7-12/h12-15,17H,1-11H2. The van der Waals surface area contributed by atoms with E-state index in [1.54, 1.807) is 0 Å². The van der Waals surface area contributed by atoms with Crippen LogP contribution in [0.4, 0.5) is 0 Å². The summed E-state index contributed by atoms with van der Waals surface area (Å²) in [6, 6.07) is 0.881. The second kappa shape index (κ2) is 5.27. The number of aliphatic hydroxyl groups excluding tert-OH is 1. The van der Waals surface area contributed by atoms with Gasteiger partial charge >= 0.3 is 0 Å². The molecule has 0 radical (unpaired) electrons. The van der Waals surface area contributed by atoms with Crippen molar-refractivity contribution >= 4 is 0 Å². The van der Waals surface area contributed by atoms with Crippen molar-refractivity contribution in [1.82, 2.24) is 4.90 Å². The van der Waals surface area contributed by atoms with E-state index in [2.05, 4.69) is 4.90 Å². The van der Waals surface area contributed by atoms with E-state index in [4.69, 9.17) is 0 Å². The lowest BCUT2D eigenvalue weighted by atomic mass is 9.96. The highest BCUT2D eigenvalue weighted by Crippen LogP contribution is 2.36. The fourth-order valence-corrected chi connectivity index (χ4v) is 3.32. The molecule has 0 heterocycles. The Hall–Kier alpha value is -0.0800. The molecular formula is C15H27NO. The molecule has 0 bridgehead atoms. The summed E-state index contributed by atoms with van der Waals surface area (Å²) in [6.07, 6.45) is 11.9. The summed E-state index contributed by atoms with van der Waals surface area (Å²) in [5.74, 6) is 1.57. The third-order valence-corrected chi connectivity index (χ3v) is 4.84. The summed E-state index contributed by atoms with van der Waals surface area (Å²) < 4.78 is 0. The molecule has 0 amide bonds. The van der Waals surface area contributed by atoms with Crippen LogP contribution in [0, 0.1) is 11.8 Å². The van der Waals surface area contributed by atoms with Crippen molar-refractivity contribution in [2.45, 2.75) is 69.9 Å². The highest BCUT2D eigenvalue weighted by molar-refractivity contribution is 4.90. The minimum atomic E-state index is -0.0158. The highest BCUT2D eigenvalue weighted by atomic mass is 16.3. The van der Waals surface area contributed by atoms with Crippen molar-refractivity contribution in [2.24, 2.45) is 11.8 Å². The Kier molecular flexibility index (Phi) is 3.72. The van der Waals surface area contributed by atoms with Crippen LogP contribution in [0.1, 0.15) is 57.8 Å². The van der Waals surface area contributed by atoms with Gasteiger partial charge in [-0.3, -0.25) is 4.90 Å². The maximum absolute atomic E-state index is 10.2. The summed E-state index contributed by atoms with van der Waals surface area (Å²) >= 11 is 0. The quantitative estimate of drug-likeness (QED) is 0.743. The predicted octanol–water partition coefficient (Wildman–Crippen LogP) is 2.80. The topological polar surface area (TPSA) is 23.5 Å². The lowest BCUT2D eigenvalue weighted by Gasteiger charge is -2.29. The zero-order valence-electron chi connectivity index (χ0n) is 11.0. The third kappa shape index (κ3) is 3.45. The molecule has 2 unspecified atom stereocenters. The van der Waals surface area contributed by atoms with Crippen LogP contribution in [0.25, 0.3) is 0 Å². The van der Waals surface area contributed by atoms with Crippen molar-refractivity contribution in [3.05, 3.63) is 0 Å². The molecule has 3 rings (SSSR count). The lowest BCUT2D eigenvalue weighted by molar-refractivity contribution is 0.0698. The first-order valence-corrected chi connectivity index (χ1v) is 7.75. The van der Waals surface area contributed by atoms with E-state index in [9.17, 15) is 5.11 Å². The van der Waals surface area contributed by atoms with Gasteiger partial charge in [0.2, 0.25) is 0 Å². The van der Waals surface area contributed by atoms with Crippen molar-refractivity contribution < 1.29 is 5.11 Å². The SMILES string of the molecule is OC1CCCCCC1CN(CC1CC1)C1CC1. The van der Waals surface area contributed by atoms with Crippen LogP contribution in [0.2, 0.25) is 0 Å². The normalized spacial score (nSPS) is 34.9. The molecule has 98 valence electrons. The molecule has 3 aliphatic carbocycles. The summed E-state index contributed by atoms with van der Waals surface area (Å²) in [6.45, 7) is 2.51. The monoisotopic (exact) mass is 237 g/mol. The van der Waals surface area contributed by atoms with Crippen molar-refractivity contribution in [1.29, 1.82) is 0 Å². The summed E-state index contributed by atoms with van der Waals surface area (Å²) in [4.78, 5) is 2.72. The Morgan fingerprint density at radius 1 is 0.824 bits per heavy atom. The number of rotatable bonds is 5. The van der Waals surface area contributed by atoms with Gasteiger partial charge < -0.3 is 5.11 Å². The smallest absolute Gasteiger partial charge is 0.0580 e. The molecule has 3 fully saturated rings. The molecule has 2 nitrogen and oxygen atoms in total. The van der Waals surface area contributed by atoms with Gasteiger partial charge in [0.1, 0.15) is 0 Å². The molecular weight excluding hydrogens is 210 g/mol. The molecule has 0 aromatic carbocycles. The second-order valence-corrected chi connectivity index (χ2v) is 6.59. The minimum Gasteiger partial charge on any atom is -0.393 e. The third-order valence-electron chi connectivity index (χ3n) is 4.84. The molecule has 3 aliphatic rings. The van der Waals surface area contributed by atoms with E-state index in [1.807, 2.05) is 0 Å². The maximum atomic E-state index is 10.2. The van der Waals surface area contributed by atoms with Crippen LogP contribution in [0.15, 0.2) is 0 Å². The van der Waals surface area contributed by atoms with Gasteiger partial charge in [0.05, 0.1) is 6.10 Å². The van der Waals surface area contributed by atoms with Crippen molar-refractivity contribution in [3.8, 4) is 0 Å². The summed E-state index contributed by atoms with van der Waals surface area (Å²) in [5.41, 5.74) is 0. The van der Waals surface area contributed by atoms with Gasteiger partial charge in [-0.15, -0.1) is 0 Å². The molecule has 0 aromatic heterocycles. The molecule has 17 heavy (non-hydrogen) atoms. The average Bonchev–Trinajstić information content (AvgIpc) is 3.17. The van der Waals surface area contributed by atoms with E-state index < -0.39 is 0 Å². The molecule has 0 spiro atoms. The molecule has 0 saturated heterocycles. The molecule has 2 atom stereocenters. The van der Waals surface area contributed by atoms with Gasteiger partial charge in [-0.05, 0) is 50.4 Å². The Morgan fingerprint density at radius 3 is 2.29 bits per heavy atom. The number of hydrogen-bond donors (Lipinski definition) is 1. The molecule has 2 heteroatoms. The Bertz CT molecular complexity index is 247. The Morgan fingerprint density at radius 2 is 1.59 bits per heavy atom. The number of aliphatic hydroxyl groups is 1. The Labute approximate surface area is 105 Å². The summed E-state index contributed by atoms with van der Waals surface area (Å²) in [7, 11) is 0. The van der Waals surface area contributed by atoms with E-state index in [0.29, 0.717) is 5.92 Å². The fraction of sp³-hybridized carbons (Fsp3) is 1.00.